The number of hydrogen-bond acceptors (Lipinski definition) is 9. The van der Waals surface area contributed by atoms with Gasteiger partial charge in [-0.1, -0.05) is 165 Å². The van der Waals surface area contributed by atoms with Crippen molar-refractivity contribution in [2.24, 2.45) is 47.3 Å². The molecule has 21 rings (SSSR count). The number of phenols is 2. The second-order valence-electron chi connectivity index (χ2n) is 38.7. The molecule has 0 spiro atoms. The minimum atomic E-state index is -1.36. The molecule has 0 aliphatic heterocycles. The molecular weight excluding hydrogens is 1500 g/mol. The number of Topliss-reactive ketones (excluding diaryl/α,β-unsaturated/α-hetero) is 1. The minimum absolute atomic E-state index is 0.0351. The molecule has 7 N–H and O–H groups in total. The number of carbonyl (C=O) groups is 5. The Morgan fingerprint density at radius 3 is 1.41 bits per heavy atom. The summed E-state index contributed by atoms with van der Waals surface area (Å²) in [6.07, 6.45) is 24.3. The number of aromatic hydroxyl groups is 2. The molecule has 11 aromatic rings. The van der Waals surface area contributed by atoms with Gasteiger partial charge in [0.2, 0.25) is 0 Å². The number of carboxylic acid groups (broad SMARTS) is 4. The Kier molecular flexibility index (Phi) is 22.4. The maximum absolute atomic E-state index is 14.2. The van der Waals surface area contributed by atoms with Crippen molar-refractivity contribution >= 4 is 63.4 Å². The number of aromatic nitrogens is 2. The second-order valence-corrected chi connectivity index (χ2v) is 38.7. The van der Waals surface area contributed by atoms with E-state index >= 15 is 0 Å². The molecule has 120 heavy (non-hydrogen) atoms. The van der Waals surface area contributed by atoms with E-state index in [0.717, 1.165) is 132 Å². The highest BCUT2D eigenvalue weighted by atomic mass is 19.1. The molecule has 10 aliphatic rings. The highest BCUT2D eigenvalue weighted by Gasteiger charge is 2.51. The normalized spacial score (nSPS) is 23.4. The summed E-state index contributed by atoms with van der Waals surface area (Å²) in [5.41, 5.74) is 16.8. The van der Waals surface area contributed by atoms with E-state index in [9.17, 15) is 48.8 Å². The first-order valence-electron chi connectivity index (χ1n) is 42.9. The highest BCUT2D eigenvalue weighted by molar-refractivity contribution is 5.96. The molecule has 1 aromatic heterocycles. The van der Waals surface area contributed by atoms with Crippen LogP contribution in [0.5, 0.6) is 11.5 Å². The number of hydrogen-bond donors (Lipinski definition) is 7. The molecule has 0 amide bonds. The molecule has 0 saturated heterocycles. The molecule has 618 valence electrons. The molecule has 0 radical (unpaired) electrons. The van der Waals surface area contributed by atoms with Gasteiger partial charge in [0.25, 0.3) is 0 Å². The van der Waals surface area contributed by atoms with Gasteiger partial charge in [0.15, 0.2) is 5.78 Å². The van der Waals surface area contributed by atoms with E-state index in [1.54, 1.807) is 42.5 Å². The van der Waals surface area contributed by atoms with Gasteiger partial charge in [-0.15, -0.1) is 0 Å². The van der Waals surface area contributed by atoms with Crippen LogP contribution in [0.1, 0.15) is 266 Å². The molecule has 14 nitrogen and oxygen atoms in total. The van der Waals surface area contributed by atoms with Gasteiger partial charge in [-0.3, -0.25) is 9.48 Å². The van der Waals surface area contributed by atoms with Gasteiger partial charge in [0, 0.05) is 18.8 Å². The number of carboxylic acids is 4. The zero-order valence-electron chi connectivity index (χ0n) is 69.8. The van der Waals surface area contributed by atoms with Gasteiger partial charge < -0.3 is 35.7 Å². The summed E-state index contributed by atoms with van der Waals surface area (Å²) in [7, 11) is 0. The topological polar surface area (TPSA) is 245 Å². The standard InChI is InChI=1S/C27H30N2O2.2C27H26O3.C24H27FO4/c1-26(2)12-13-27(3,4)24-17-22(18-29-15-5-14-28-29)21(16-23(24)26)11-8-19-6-9-20(10-7-19)25(30)31;28-25-14-20-6-5-19(17-1-3-18(4-2-17)27(29)30)12-21(20)13-24(25)26-22-8-15-7-16(10-22)11-23(26)9-15;28-25-6-5-20(18-1-2-19-13-21(27(29)30)4-3-17(19)12-18)14-24(25)26-22-8-15-7-16(10-22)11-23(26)9-15;1-23(2)9-10-24(3,4)18-11-15(7-8-17(18)23)21(27)20(26)13-14-5-6-16(22(28)29)12-19(14)25/h5-11,14-17H,12-13,18H2,1-4H3,(H,30,31);2*1-6,12-16,22-23,26,28H,7-11H2,(H,29,30);5-8,11-12,21,27H,9-10,13H2,1-4H3,(H,28,29)/b11-8+;;;. The molecule has 8 saturated carbocycles. The second kappa shape index (κ2) is 32.7. The largest absolute Gasteiger partial charge is 0.508 e. The van der Waals surface area contributed by atoms with Crippen LogP contribution in [-0.2, 0) is 39.4 Å². The lowest BCUT2D eigenvalue weighted by Gasteiger charge is -2.54. The van der Waals surface area contributed by atoms with Crippen LogP contribution in [0.4, 0.5) is 4.39 Å². The lowest BCUT2D eigenvalue weighted by molar-refractivity contribution is -0.126. The number of carbonyl (C=O) groups excluding carboxylic acids is 1. The molecular formula is C105H109FN2O12. The Morgan fingerprint density at radius 2 is 0.867 bits per heavy atom. The van der Waals surface area contributed by atoms with Crippen molar-refractivity contribution in [3.63, 3.8) is 0 Å². The van der Waals surface area contributed by atoms with Gasteiger partial charge in [0.1, 0.15) is 23.4 Å². The molecule has 8 bridgehead atoms. The first-order valence-corrected chi connectivity index (χ1v) is 42.9. The third-order valence-corrected chi connectivity index (χ3v) is 28.9. The summed E-state index contributed by atoms with van der Waals surface area (Å²) in [6, 6.07) is 57.7. The van der Waals surface area contributed by atoms with Crippen molar-refractivity contribution in [1.82, 2.24) is 9.78 Å². The van der Waals surface area contributed by atoms with Gasteiger partial charge in [-0.05, 0) is 367 Å². The fraction of sp³-hybridized carbons (Fsp3) is 0.371. The van der Waals surface area contributed by atoms with Crippen LogP contribution in [0.25, 0.3) is 56.0 Å². The molecule has 8 fully saturated rings. The first-order chi connectivity index (χ1) is 57.2. The maximum Gasteiger partial charge on any atom is 0.335 e. The van der Waals surface area contributed by atoms with Crippen molar-refractivity contribution in [2.75, 3.05) is 0 Å². The Labute approximate surface area is 701 Å². The summed E-state index contributed by atoms with van der Waals surface area (Å²) in [6.45, 7) is 18.8. The lowest BCUT2D eigenvalue weighted by Crippen LogP contribution is -2.43. The van der Waals surface area contributed by atoms with Crippen molar-refractivity contribution < 1.29 is 64.1 Å². The lowest BCUT2D eigenvalue weighted by atomic mass is 9.50. The van der Waals surface area contributed by atoms with Crippen LogP contribution in [0.15, 0.2) is 200 Å². The first kappa shape index (κ1) is 82.4. The molecule has 1 heterocycles. The van der Waals surface area contributed by atoms with Gasteiger partial charge in [-0.25, -0.2) is 23.6 Å². The minimum Gasteiger partial charge on any atom is -0.508 e. The van der Waals surface area contributed by atoms with E-state index in [0.29, 0.717) is 52.1 Å². The maximum atomic E-state index is 14.2. The van der Waals surface area contributed by atoms with Gasteiger partial charge >= 0.3 is 23.9 Å². The van der Waals surface area contributed by atoms with Crippen molar-refractivity contribution in [2.45, 2.75) is 198 Å². The SMILES string of the molecule is CC1(C)CCC(C)(C)c2cc(C(O)C(=O)Cc3ccc(C(=O)O)cc3F)ccc21.CC1(C)CCC(C)(C)c2cc(Cn3cccn3)c(/C=C/c3ccc(C(=O)O)cc3)cc21.O=C(O)c1ccc(-c2ccc3cc(O)c(C4C5CC6CC(C5)CC4C6)cc3c2)cc1.O=C(O)c1ccc2cc(-c3ccc(O)c(C4C5CC6CC(C5)CC4C6)c3)ccc2c1. The molecule has 10 aromatic carbocycles. The van der Waals surface area contributed by atoms with Crippen LogP contribution in [0, 0.1) is 53.2 Å². The summed E-state index contributed by atoms with van der Waals surface area (Å²) >= 11 is 0. The van der Waals surface area contributed by atoms with Crippen molar-refractivity contribution in [1.29, 1.82) is 0 Å². The predicted octanol–water partition coefficient (Wildman–Crippen LogP) is 23.8. The number of aromatic carboxylic acids is 4. The van der Waals surface area contributed by atoms with Crippen LogP contribution in [0.2, 0.25) is 0 Å². The Morgan fingerprint density at radius 1 is 0.425 bits per heavy atom. The fourth-order valence-corrected chi connectivity index (χ4v) is 22.5. The van der Waals surface area contributed by atoms with Crippen molar-refractivity contribution in [3.8, 4) is 33.8 Å². The van der Waals surface area contributed by atoms with E-state index < -0.39 is 41.6 Å². The number of rotatable bonds is 16. The third-order valence-electron chi connectivity index (χ3n) is 28.9. The number of benzene rings is 10. The number of nitrogens with zero attached hydrogens (tertiary/aromatic N) is 2. The third kappa shape index (κ3) is 17.0. The number of aliphatic hydroxyl groups is 1. The number of halogens is 1. The van der Waals surface area contributed by atoms with Crippen LogP contribution < -0.4 is 0 Å². The van der Waals surface area contributed by atoms with E-state index in [4.69, 9.17) is 15.3 Å². The predicted molar refractivity (Wildman–Crippen MR) is 470 cm³/mol. The van der Waals surface area contributed by atoms with E-state index in [-0.39, 0.29) is 39.2 Å². The summed E-state index contributed by atoms with van der Waals surface area (Å²) in [5.74, 6) is 3.27. The molecule has 1 atom stereocenters. The number of aliphatic hydroxyl groups excluding tert-OH is 1. The molecule has 1 unspecified atom stereocenters. The number of fused-ring (bicyclic) bond motifs is 4. The monoisotopic (exact) mass is 1610 g/mol. The number of phenolic OH excluding ortho intramolecular Hbond substituents is 2. The highest BCUT2D eigenvalue weighted by Crippen LogP contribution is 2.63. The molecule has 10 aliphatic carbocycles. The molecule has 15 heteroatoms. The van der Waals surface area contributed by atoms with Gasteiger partial charge in [-0.2, -0.15) is 5.10 Å². The van der Waals surface area contributed by atoms with Crippen LogP contribution >= 0.6 is 0 Å². The smallest absolute Gasteiger partial charge is 0.335 e. The summed E-state index contributed by atoms with van der Waals surface area (Å²) in [4.78, 5) is 57.0. The average molecular weight is 1610 g/mol. The van der Waals surface area contributed by atoms with Crippen LogP contribution in [0.3, 0.4) is 0 Å². The Hall–Kier alpha value is -11.3. The quantitative estimate of drug-likeness (QED) is 0.0446. The van der Waals surface area contributed by atoms with Crippen LogP contribution in [-0.4, -0.2) is 75.2 Å². The number of ketones is 1. The Balaban J connectivity index is 0.000000119. The van der Waals surface area contributed by atoms with Gasteiger partial charge in [0.05, 0.1) is 28.8 Å². The van der Waals surface area contributed by atoms with E-state index in [1.807, 2.05) is 95.9 Å². The zero-order valence-corrected chi connectivity index (χ0v) is 69.8. The summed E-state index contributed by atoms with van der Waals surface area (Å²) < 4.78 is 16.1. The van der Waals surface area contributed by atoms with E-state index in [2.05, 4.69) is 121 Å². The average Bonchev–Trinajstić information content (AvgIpc) is 0.897. The summed E-state index contributed by atoms with van der Waals surface area (Å²) in [5, 5.41) is 77.3. The Bertz CT molecular complexity index is 5770. The zero-order chi connectivity index (χ0) is 84.6. The van der Waals surface area contributed by atoms with E-state index in [1.165, 1.54) is 117 Å². The fourth-order valence-electron chi connectivity index (χ4n) is 22.5. The van der Waals surface area contributed by atoms with Crippen molar-refractivity contribution in [3.05, 3.63) is 290 Å².